The minimum atomic E-state index is -5.87. The summed E-state index contributed by atoms with van der Waals surface area (Å²) in [5, 5.41) is 0.777. The van der Waals surface area contributed by atoms with Crippen molar-refractivity contribution in [2.24, 2.45) is 30.0 Å². The summed E-state index contributed by atoms with van der Waals surface area (Å²) in [5.74, 6) is -2.98. The van der Waals surface area contributed by atoms with Crippen LogP contribution in [0.3, 0.4) is 0 Å². The molecule has 30 heteroatoms. The molecule has 6 bridgehead atoms. The molecule has 370 valence electrons. The summed E-state index contributed by atoms with van der Waals surface area (Å²) in [6.07, 6.45) is -0.344. The fraction of sp³-hybridized carbons (Fsp3) is 0.220. The number of fused-ring (bicyclic) bond motifs is 14. The molecular formula is C41H37N9O14S6Si. The lowest BCUT2D eigenvalue weighted by molar-refractivity contribution is 0.341. The first-order valence-electron chi connectivity index (χ1n) is 21.2. The van der Waals surface area contributed by atoms with Gasteiger partial charge in [-0.2, -0.15) is 30.0 Å². The maximum atomic E-state index is 14.4. The zero-order valence-corrected chi connectivity index (χ0v) is 42.8. The maximum absolute atomic E-state index is 14.4. The molecule has 23 nitrogen and oxygen atoms in total. The summed E-state index contributed by atoms with van der Waals surface area (Å²) in [7, 11) is -27.3. The summed E-state index contributed by atoms with van der Waals surface area (Å²) in [6, 6.07) is 22.5. The molecule has 0 saturated heterocycles. The molecular weight excluding hydrogens is 1060 g/mol. The fourth-order valence-electron chi connectivity index (χ4n) is 8.33. The van der Waals surface area contributed by atoms with Crippen LogP contribution in [-0.2, 0) is 70.0 Å². The molecule has 0 fully saturated rings. The Morgan fingerprint density at radius 2 is 1.04 bits per heavy atom. The third kappa shape index (κ3) is 9.04. The van der Waals surface area contributed by atoms with Gasteiger partial charge >= 0.3 is 19.2 Å². The van der Waals surface area contributed by atoms with E-state index < -0.39 is 88.4 Å². The van der Waals surface area contributed by atoms with E-state index in [4.69, 9.17) is 37.7 Å². The van der Waals surface area contributed by atoms with Crippen LogP contribution < -0.4 is 15.7 Å². The highest BCUT2D eigenvalue weighted by atomic mass is 32.2. The van der Waals surface area contributed by atoms with Crippen molar-refractivity contribution in [1.82, 2.24) is 13.2 Å². The van der Waals surface area contributed by atoms with Crippen LogP contribution in [0.2, 0.25) is 0 Å². The molecule has 6 aromatic rings. The summed E-state index contributed by atoms with van der Waals surface area (Å²) < 4.78 is 167. The van der Waals surface area contributed by atoms with E-state index in [2.05, 4.69) is 4.72 Å². The molecule has 3 unspecified atom stereocenters. The Morgan fingerprint density at radius 1 is 0.563 bits per heavy atom. The third-order valence-electron chi connectivity index (χ3n) is 11.5. The molecule has 0 spiro atoms. The van der Waals surface area contributed by atoms with Crippen molar-refractivity contribution in [3.8, 4) is 0 Å². The molecule has 0 saturated carbocycles. The van der Waals surface area contributed by atoms with E-state index in [0.29, 0.717) is 22.1 Å². The quantitative estimate of drug-likeness (QED) is 0.0923. The van der Waals surface area contributed by atoms with E-state index >= 15 is 0 Å². The van der Waals surface area contributed by atoms with Crippen LogP contribution in [0, 0.1) is 0 Å². The van der Waals surface area contributed by atoms with Gasteiger partial charge in [0.1, 0.15) is 22.6 Å². The summed E-state index contributed by atoms with van der Waals surface area (Å²) in [5.41, 5.74) is 1.24. The molecule has 4 aliphatic heterocycles. The number of nitrogens with zero attached hydrogens (tertiary/aromatic N) is 8. The lowest BCUT2D eigenvalue weighted by Gasteiger charge is -2.31. The number of aliphatic imine (C=N–C) groups is 4. The second-order valence-corrected chi connectivity index (χ2v) is 28.7. The predicted molar refractivity (Wildman–Crippen MR) is 265 cm³/mol. The molecule has 0 aliphatic carbocycles. The highest BCUT2D eigenvalue weighted by Crippen LogP contribution is 2.45. The van der Waals surface area contributed by atoms with Crippen LogP contribution >= 0.6 is 0 Å². The van der Waals surface area contributed by atoms with Crippen molar-refractivity contribution in [1.29, 1.82) is 0 Å². The molecule has 4 aliphatic rings. The molecule has 71 heavy (non-hydrogen) atoms. The van der Waals surface area contributed by atoms with E-state index in [1.807, 2.05) is 0 Å². The van der Waals surface area contributed by atoms with Gasteiger partial charge in [-0.25, -0.2) is 46.1 Å². The van der Waals surface area contributed by atoms with E-state index in [-0.39, 0.29) is 102 Å². The van der Waals surface area contributed by atoms with E-state index in [0.717, 1.165) is 11.3 Å². The van der Waals surface area contributed by atoms with Gasteiger partial charge in [0, 0.05) is 72.1 Å². The van der Waals surface area contributed by atoms with Gasteiger partial charge < -0.3 is 0 Å². The van der Waals surface area contributed by atoms with E-state index in [1.165, 1.54) is 41.5 Å². The standard InChI is InChI=1S/C41H37N9O14S6Si/c1-3-69(59,60)63-71(64-70(61,62)42-2)49-38-29-12-6-7-13-30(29)39(49)46-36-28-16-14-24(65(51)18-8-20-67(53,54)55)22-32(28)37(44-36)48-40-31-17-15-25(66(52)19-9-21-68(56,57)58)23-33(31)41(50(40)71)47-35-27-11-5-4-10-26(27)34(43-35)45-38/h4-7,10-17,22-23,42H,3,8-9,18-21H2,1-2H3,(H,53,54,55)(H,56,57,58). The van der Waals surface area contributed by atoms with Gasteiger partial charge in [0.15, 0.2) is 23.3 Å². The van der Waals surface area contributed by atoms with Crippen molar-refractivity contribution in [3.63, 3.8) is 0 Å². The normalized spacial score (nSPS) is 18.1. The smallest absolute Gasteiger partial charge is 0.286 e. The largest absolute Gasteiger partial charge is 0.633 e. The summed E-state index contributed by atoms with van der Waals surface area (Å²) >= 11 is 0. The van der Waals surface area contributed by atoms with Crippen LogP contribution in [0.15, 0.2) is 125 Å². The first kappa shape index (κ1) is 49.0. The lowest BCUT2D eigenvalue weighted by Crippen LogP contribution is -2.66. The second-order valence-electron chi connectivity index (χ2n) is 16.0. The van der Waals surface area contributed by atoms with Gasteiger partial charge in [-0.05, 0) is 56.2 Å². The number of hydrogen-bond donors (Lipinski definition) is 3. The Morgan fingerprint density at radius 3 is 1.58 bits per heavy atom. The van der Waals surface area contributed by atoms with Gasteiger partial charge in [-0.15, -0.1) is 0 Å². The van der Waals surface area contributed by atoms with E-state index in [1.54, 1.807) is 54.6 Å². The Labute approximate surface area is 410 Å². The van der Waals surface area contributed by atoms with Gasteiger partial charge in [-0.1, -0.05) is 48.5 Å². The van der Waals surface area contributed by atoms with E-state index in [9.17, 15) is 51.2 Å². The van der Waals surface area contributed by atoms with Gasteiger partial charge in [0.25, 0.3) is 30.4 Å². The predicted octanol–water partition coefficient (Wildman–Crippen LogP) is 1.99. The highest BCUT2D eigenvalue weighted by Gasteiger charge is 2.59. The van der Waals surface area contributed by atoms with Crippen molar-refractivity contribution in [2.75, 3.05) is 35.8 Å². The van der Waals surface area contributed by atoms with Gasteiger partial charge in [0.2, 0.25) is 0 Å². The molecule has 3 atom stereocenters. The van der Waals surface area contributed by atoms with Gasteiger partial charge in [0.05, 0.1) is 38.9 Å². The maximum Gasteiger partial charge on any atom is 0.633 e. The first-order valence-corrected chi connectivity index (χ1v) is 31.7. The molecule has 3 N–H and O–H groups in total. The zero-order valence-electron chi connectivity index (χ0n) is 36.9. The Kier molecular flexibility index (Phi) is 12.3. The molecule has 0 radical (unpaired) electrons. The Balaban J connectivity index is 1.41. The number of amidine groups is 4. The Bertz CT molecular complexity index is 4100. The molecule has 2 aromatic heterocycles. The summed E-state index contributed by atoms with van der Waals surface area (Å²) in [4.78, 5) is 30.3. The number of rotatable bonds is 16. The van der Waals surface area contributed by atoms with Crippen LogP contribution in [-0.4, -0.2) is 128 Å². The van der Waals surface area contributed by atoms with Crippen molar-refractivity contribution < 1.29 is 58.9 Å². The lowest BCUT2D eigenvalue weighted by atomic mass is 10.1. The fourth-order valence-corrected chi connectivity index (χ4v) is 18.7. The molecule has 4 aromatic carbocycles. The van der Waals surface area contributed by atoms with Crippen LogP contribution in [0.4, 0.5) is 11.6 Å². The zero-order chi connectivity index (χ0) is 50.4. The van der Waals surface area contributed by atoms with Crippen molar-refractivity contribution in [3.05, 3.63) is 118 Å². The molecule has 0 amide bonds. The van der Waals surface area contributed by atoms with Crippen molar-refractivity contribution >= 4 is 128 Å². The monoisotopic (exact) mass is 1100 g/mol. The number of hydrogen-bond acceptors (Lipinski definition) is 18. The number of benzene rings is 4. The van der Waals surface area contributed by atoms with Gasteiger partial charge in [-0.3, -0.25) is 26.0 Å². The first-order chi connectivity index (χ1) is 33.6. The molecule has 10 rings (SSSR count). The number of nitrogens with one attached hydrogen (secondary N) is 1. The summed E-state index contributed by atoms with van der Waals surface area (Å²) in [6.45, 7) is 1.27. The topological polar surface area (TPSA) is 326 Å². The van der Waals surface area contributed by atoms with Crippen LogP contribution in [0.1, 0.15) is 42.0 Å². The average molecular weight is 1100 g/mol. The minimum Gasteiger partial charge on any atom is -0.286 e. The van der Waals surface area contributed by atoms with Crippen LogP contribution in [0.25, 0.3) is 21.5 Å². The molecule has 6 heterocycles. The third-order valence-corrected chi connectivity index (χ3v) is 22.8. The average Bonchev–Trinajstić information content (AvgIpc) is 4.03. The second kappa shape index (κ2) is 17.8. The Hall–Kier alpha value is -5.64. The van der Waals surface area contributed by atoms with Crippen LogP contribution in [0.5, 0.6) is 0 Å². The minimum absolute atomic E-state index is 0.0190. The number of aromatic nitrogens is 2. The SMILES string of the molecule is CCS(=O)(=O)O[Si]1(OS(=O)(=O)NC)n2c3c4ccc(S(=O)CCCS(=O)(=O)O)cc4c2N=C2N=C(N=c4c5ccccc5c(n41)=NC1=NC(=N3)c3cc(S(=O)CCCS(=O)(=O)O)ccc31)c1ccccc12. The highest BCUT2D eigenvalue weighted by molar-refractivity contribution is 7.88. The van der Waals surface area contributed by atoms with Crippen molar-refractivity contribution in [2.45, 2.75) is 29.6 Å².